The van der Waals surface area contributed by atoms with Crippen molar-refractivity contribution in [2.45, 2.75) is 18.4 Å². The minimum absolute atomic E-state index is 0.121. The molecule has 1 aromatic heterocycles. The second-order valence-electron chi connectivity index (χ2n) is 4.37. The molecule has 1 aliphatic rings. The van der Waals surface area contributed by atoms with E-state index in [9.17, 15) is 13.6 Å². The Morgan fingerprint density at radius 2 is 2.37 bits per heavy atom. The predicted octanol–water partition coefficient (Wildman–Crippen LogP) is 0.795. The first-order chi connectivity index (χ1) is 8.96. The monoisotopic (exact) mass is 267 g/mol. The fraction of sp³-hybridized carbons (Fsp3) is 0.417. The molecule has 1 saturated heterocycles. The van der Waals surface area contributed by atoms with Crippen LogP contribution < -0.4 is 0 Å². The van der Waals surface area contributed by atoms with Gasteiger partial charge in [0.15, 0.2) is 0 Å². The van der Waals surface area contributed by atoms with Crippen LogP contribution in [0.15, 0.2) is 18.3 Å². The highest BCUT2D eigenvalue weighted by atomic mass is 19.3. The molecule has 100 valence electrons. The van der Waals surface area contributed by atoms with E-state index in [-0.39, 0.29) is 11.3 Å². The molecule has 0 radical (unpaired) electrons. The van der Waals surface area contributed by atoms with E-state index >= 15 is 0 Å². The lowest BCUT2D eigenvalue weighted by Gasteiger charge is -2.22. The fourth-order valence-electron chi connectivity index (χ4n) is 2.05. The van der Waals surface area contributed by atoms with Crippen LogP contribution in [0.25, 0.3) is 0 Å². The molecule has 1 atom stereocenters. The maximum atomic E-state index is 13.3. The van der Waals surface area contributed by atoms with Gasteiger partial charge < -0.3 is 10.0 Å². The number of nitrogens with zero attached hydrogens (tertiary/aromatic N) is 3. The van der Waals surface area contributed by atoms with Crippen molar-refractivity contribution in [3.05, 3.63) is 29.6 Å². The molecule has 1 aromatic rings. The standard InChI is InChI=1S/C12H11F2N3O2/c13-12(14)3-10(6-18)17(7-12)11(19)8-1-2-9(4-15)16-5-8/h1-2,5,10,18H,3,6-7H2. The van der Waals surface area contributed by atoms with Crippen molar-refractivity contribution in [1.82, 2.24) is 9.88 Å². The van der Waals surface area contributed by atoms with E-state index in [0.717, 1.165) is 4.90 Å². The summed E-state index contributed by atoms with van der Waals surface area (Å²) in [6.07, 6.45) is 0.630. The van der Waals surface area contributed by atoms with Crippen molar-refractivity contribution in [1.29, 1.82) is 5.26 Å². The molecule has 1 unspecified atom stereocenters. The first-order valence-electron chi connectivity index (χ1n) is 5.62. The Balaban J connectivity index is 2.21. The van der Waals surface area contributed by atoms with Crippen LogP contribution in [0.1, 0.15) is 22.5 Å². The van der Waals surface area contributed by atoms with Crippen molar-refractivity contribution in [3.63, 3.8) is 0 Å². The molecule has 0 spiro atoms. The smallest absolute Gasteiger partial charge is 0.267 e. The predicted molar refractivity (Wildman–Crippen MR) is 60.4 cm³/mol. The van der Waals surface area contributed by atoms with Gasteiger partial charge in [-0.15, -0.1) is 0 Å². The van der Waals surface area contributed by atoms with Crippen LogP contribution in [0, 0.1) is 11.3 Å². The number of carbonyl (C=O) groups is 1. The van der Waals surface area contributed by atoms with E-state index in [1.807, 2.05) is 0 Å². The van der Waals surface area contributed by atoms with E-state index in [1.54, 1.807) is 6.07 Å². The highest BCUT2D eigenvalue weighted by Crippen LogP contribution is 2.32. The maximum absolute atomic E-state index is 13.3. The summed E-state index contributed by atoms with van der Waals surface area (Å²) in [4.78, 5) is 16.7. The molecular formula is C12H11F2N3O2. The molecule has 19 heavy (non-hydrogen) atoms. The number of likely N-dealkylation sites (tertiary alicyclic amines) is 1. The van der Waals surface area contributed by atoms with Gasteiger partial charge in [0.2, 0.25) is 0 Å². The Hall–Kier alpha value is -2.07. The highest BCUT2D eigenvalue weighted by Gasteiger charge is 2.46. The summed E-state index contributed by atoms with van der Waals surface area (Å²) < 4.78 is 26.5. The molecule has 1 N–H and O–H groups in total. The molecule has 1 fully saturated rings. The number of alkyl halides is 2. The largest absolute Gasteiger partial charge is 0.394 e. The highest BCUT2D eigenvalue weighted by molar-refractivity contribution is 5.94. The van der Waals surface area contributed by atoms with Gasteiger partial charge in [0.25, 0.3) is 11.8 Å². The van der Waals surface area contributed by atoms with E-state index in [2.05, 4.69) is 4.98 Å². The molecule has 1 aliphatic heterocycles. The van der Waals surface area contributed by atoms with Gasteiger partial charge in [-0.3, -0.25) is 4.79 Å². The number of carbonyl (C=O) groups excluding carboxylic acids is 1. The average molecular weight is 267 g/mol. The lowest BCUT2D eigenvalue weighted by molar-refractivity contribution is 0.0116. The van der Waals surface area contributed by atoms with Gasteiger partial charge in [0.05, 0.1) is 24.8 Å². The average Bonchev–Trinajstić information content (AvgIpc) is 2.73. The van der Waals surface area contributed by atoms with Gasteiger partial charge in [0, 0.05) is 12.6 Å². The van der Waals surface area contributed by atoms with Crippen LogP contribution in [0.4, 0.5) is 8.78 Å². The number of pyridine rings is 1. The summed E-state index contributed by atoms with van der Waals surface area (Å²) >= 11 is 0. The second-order valence-corrected chi connectivity index (χ2v) is 4.37. The van der Waals surface area contributed by atoms with Crippen LogP contribution >= 0.6 is 0 Å². The molecule has 0 bridgehead atoms. The number of aromatic nitrogens is 1. The second kappa shape index (κ2) is 4.90. The molecule has 1 amide bonds. The van der Waals surface area contributed by atoms with Gasteiger partial charge >= 0.3 is 0 Å². The Morgan fingerprint density at radius 1 is 1.63 bits per heavy atom. The Morgan fingerprint density at radius 3 is 2.89 bits per heavy atom. The Kier molecular flexibility index (Phi) is 3.44. The van der Waals surface area contributed by atoms with Gasteiger partial charge in [-0.1, -0.05) is 0 Å². The summed E-state index contributed by atoms with van der Waals surface area (Å²) in [5.41, 5.74) is 0.261. The SMILES string of the molecule is N#Cc1ccc(C(=O)N2CC(F)(F)CC2CO)cn1. The lowest BCUT2D eigenvalue weighted by Crippen LogP contribution is -2.38. The van der Waals surface area contributed by atoms with E-state index in [1.165, 1.54) is 18.3 Å². The number of rotatable bonds is 2. The third-order valence-corrected chi connectivity index (χ3v) is 2.97. The number of aliphatic hydroxyl groups excluding tert-OH is 1. The number of nitriles is 1. The Bertz CT molecular complexity index is 525. The van der Waals surface area contributed by atoms with Crippen LogP contribution in [0.2, 0.25) is 0 Å². The first-order valence-corrected chi connectivity index (χ1v) is 5.62. The fourth-order valence-corrected chi connectivity index (χ4v) is 2.05. The van der Waals surface area contributed by atoms with Crippen molar-refractivity contribution in [2.24, 2.45) is 0 Å². The molecule has 7 heteroatoms. The van der Waals surface area contributed by atoms with Crippen molar-refractivity contribution in [3.8, 4) is 6.07 Å². The lowest BCUT2D eigenvalue weighted by atomic mass is 10.2. The quantitative estimate of drug-likeness (QED) is 0.859. The molecule has 2 rings (SSSR count). The first kappa shape index (κ1) is 13.4. The molecular weight excluding hydrogens is 256 g/mol. The van der Waals surface area contributed by atoms with Crippen molar-refractivity contribution in [2.75, 3.05) is 13.2 Å². The van der Waals surface area contributed by atoms with E-state index in [0.29, 0.717) is 0 Å². The van der Waals surface area contributed by atoms with Crippen molar-refractivity contribution >= 4 is 5.91 Å². The molecule has 0 aliphatic carbocycles. The number of hydrogen-bond donors (Lipinski definition) is 1. The zero-order valence-corrected chi connectivity index (χ0v) is 9.88. The summed E-state index contributed by atoms with van der Waals surface area (Å²) in [6.45, 7) is -1.22. The number of hydrogen-bond acceptors (Lipinski definition) is 4. The Labute approximate surface area is 108 Å². The van der Waals surface area contributed by atoms with Gasteiger partial charge in [-0.2, -0.15) is 5.26 Å². The van der Waals surface area contributed by atoms with Gasteiger partial charge in [0.1, 0.15) is 11.8 Å². The van der Waals surface area contributed by atoms with Crippen LogP contribution in [0.3, 0.4) is 0 Å². The van der Waals surface area contributed by atoms with Crippen LogP contribution in [-0.2, 0) is 0 Å². The molecule has 0 aromatic carbocycles. The van der Waals surface area contributed by atoms with Crippen LogP contribution in [-0.4, -0.2) is 46.0 Å². The van der Waals surface area contributed by atoms with Gasteiger partial charge in [-0.25, -0.2) is 13.8 Å². The van der Waals surface area contributed by atoms with E-state index < -0.39 is 37.4 Å². The zero-order chi connectivity index (χ0) is 14.0. The number of amides is 1. The normalized spacial score (nSPS) is 21.2. The van der Waals surface area contributed by atoms with Crippen molar-refractivity contribution < 1.29 is 18.7 Å². The minimum atomic E-state index is -2.98. The zero-order valence-electron chi connectivity index (χ0n) is 9.88. The third kappa shape index (κ3) is 2.69. The molecule has 5 nitrogen and oxygen atoms in total. The summed E-state index contributed by atoms with van der Waals surface area (Å²) in [7, 11) is 0. The third-order valence-electron chi connectivity index (χ3n) is 2.97. The summed E-state index contributed by atoms with van der Waals surface area (Å²) in [5, 5.41) is 17.6. The van der Waals surface area contributed by atoms with Gasteiger partial charge in [-0.05, 0) is 12.1 Å². The maximum Gasteiger partial charge on any atom is 0.267 e. The number of halogens is 2. The molecule has 0 saturated carbocycles. The van der Waals surface area contributed by atoms with Crippen LogP contribution in [0.5, 0.6) is 0 Å². The summed E-state index contributed by atoms with van der Waals surface area (Å²) in [5.74, 6) is -3.60. The minimum Gasteiger partial charge on any atom is -0.394 e. The summed E-state index contributed by atoms with van der Waals surface area (Å²) in [6, 6.07) is 3.61. The van der Waals surface area contributed by atoms with E-state index in [4.69, 9.17) is 10.4 Å². The topological polar surface area (TPSA) is 77.2 Å². The number of aliphatic hydroxyl groups is 1. The molecule has 2 heterocycles.